The number of ether oxygens (including phenoxy) is 1. The minimum absolute atomic E-state index is 0.304. The van der Waals surface area contributed by atoms with Crippen molar-refractivity contribution in [2.24, 2.45) is 11.8 Å². The van der Waals surface area contributed by atoms with Crippen LogP contribution in [-0.2, 0) is 0 Å². The molecule has 4 rings (SSSR count). The third-order valence-electron chi connectivity index (χ3n) is 6.08. The Morgan fingerprint density at radius 1 is 1.20 bits per heavy atom. The number of piperidine rings is 1. The molecule has 0 radical (unpaired) electrons. The molecule has 3 aliphatic rings. The molecule has 6 nitrogen and oxygen atoms in total. The highest BCUT2D eigenvalue weighted by Crippen LogP contribution is 2.45. The number of nitrogens with zero attached hydrogens (tertiary/aromatic N) is 4. The molecule has 2 fully saturated rings. The van der Waals surface area contributed by atoms with Gasteiger partial charge in [0, 0.05) is 50.4 Å². The summed E-state index contributed by atoms with van der Waals surface area (Å²) in [4.78, 5) is 12.7. The Labute approximate surface area is 174 Å². The Morgan fingerprint density at radius 2 is 1.97 bits per heavy atom. The standard InChI is InChI=1S/C21H28F3N5O/c1-3-30-20-26-10-15(11-27-20)28-8-6-16-17(13-28)19(5-4-18(16)21(22,23)24)29-9-7-25-14(2)12-29/h4-5,10-11,14,16,18,25H,3,6-9,12-13H2,1-2H3/t14-,16?,18?/m0/s1. The molecule has 2 unspecified atom stereocenters. The van der Waals surface area contributed by atoms with Gasteiger partial charge in [0.2, 0.25) is 0 Å². The first kappa shape index (κ1) is 21.0. The summed E-state index contributed by atoms with van der Waals surface area (Å²) in [7, 11) is 0. The Bertz CT molecular complexity index is 808. The van der Waals surface area contributed by atoms with Gasteiger partial charge in [0.1, 0.15) is 0 Å². The van der Waals surface area contributed by atoms with Gasteiger partial charge in [-0.15, -0.1) is 0 Å². The predicted molar refractivity (Wildman–Crippen MR) is 108 cm³/mol. The maximum absolute atomic E-state index is 13.7. The third-order valence-corrected chi connectivity index (χ3v) is 6.08. The van der Waals surface area contributed by atoms with E-state index in [1.165, 1.54) is 6.08 Å². The van der Waals surface area contributed by atoms with Crippen LogP contribution in [-0.4, -0.2) is 66.4 Å². The second kappa shape index (κ2) is 8.45. The van der Waals surface area contributed by atoms with E-state index in [0.717, 1.165) is 36.6 Å². The molecule has 2 saturated heterocycles. The second-order valence-electron chi connectivity index (χ2n) is 8.11. The molecule has 3 heterocycles. The first-order valence-corrected chi connectivity index (χ1v) is 10.5. The lowest BCUT2D eigenvalue weighted by Crippen LogP contribution is -2.51. The van der Waals surface area contributed by atoms with Crippen LogP contribution in [0.2, 0.25) is 0 Å². The van der Waals surface area contributed by atoms with Gasteiger partial charge in [0.05, 0.1) is 30.6 Å². The lowest BCUT2D eigenvalue weighted by atomic mass is 9.75. The topological polar surface area (TPSA) is 53.5 Å². The summed E-state index contributed by atoms with van der Waals surface area (Å²) in [5, 5.41) is 3.40. The molecule has 1 aliphatic carbocycles. The quantitative estimate of drug-likeness (QED) is 0.804. The van der Waals surface area contributed by atoms with Gasteiger partial charge in [0.25, 0.3) is 0 Å². The average Bonchev–Trinajstić information content (AvgIpc) is 2.72. The first-order chi connectivity index (χ1) is 14.4. The fraction of sp³-hybridized carbons (Fsp3) is 0.619. The van der Waals surface area contributed by atoms with Gasteiger partial charge < -0.3 is 19.9 Å². The van der Waals surface area contributed by atoms with Crippen LogP contribution < -0.4 is 15.0 Å². The molecule has 1 aromatic rings. The van der Waals surface area contributed by atoms with Crippen molar-refractivity contribution in [3.63, 3.8) is 0 Å². The molecule has 30 heavy (non-hydrogen) atoms. The van der Waals surface area contributed by atoms with E-state index in [1.807, 2.05) is 6.92 Å². The molecule has 1 aromatic heterocycles. The van der Waals surface area contributed by atoms with Gasteiger partial charge in [-0.25, -0.2) is 9.97 Å². The number of rotatable bonds is 4. The SMILES string of the molecule is CCOc1ncc(N2CCC3C(=C(N4CCN[C@@H](C)C4)C=CC3C(F)(F)F)C2)cn1. The highest BCUT2D eigenvalue weighted by molar-refractivity contribution is 5.48. The third kappa shape index (κ3) is 4.26. The van der Waals surface area contributed by atoms with Crippen molar-refractivity contribution in [3.8, 4) is 6.01 Å². The highest BCUT2D eigenvalue weighted by Gasteiger charge is 2.48. The van der Waals surface area contributed by atoms with Crippen molar-refractivity contribution in [3.05, 3.63) is 35.8 Å². The molecule has 1 N–H and O–H groups in total. The van der Waals surface area contributed by atoms with Gasteiger partial charge >= 0.3 is 12.2 Å². The zero-order valence-corrected chi connectivity index (χ0v) is 17.3. The van der Waals surface area contributed by atoms with E-state index in [4.69, 9.17) is 4.74 Å². The van der Waals surface area contributed by atoms with Crippen LogP contribution >= 0.6 is 0 Å². The van der Waals surface area contributed by atoms with Gasteiger partial charge in [0.15, 0.2) is 0 Å². The van der Waals surface area contributed by atoms with E-state index < -0.39 is 18.0 Å². The van der Waals surface area contributed by atoms with Gasteiger partial charge in [-0.05, 0) is 31.9 Å². The van der Waals surface area contributed by atoms with Gasteiger partial charge in [-0.3, -0.25) is 0 Å². The maximum Gasteiger partial charge on any atom is 0.395 e. The number of hydrogen-bond donors (Lipinski definition) is 1. The van der Waals surface area contributed by atoms with Crippen LogP contribution in [0.4, 0.5) is 18.9 Å². The number of halogens is 3. The zero-order valence-electron chi connectivity index (χ0n) is 17.3. The van der Waals surface area contributed by atoms with Crippen molar-refractivity contribution in [2.45, 2.75) is 32.5 Å². The predicted octanol–water partition coefficient (Wildman–Crippen LogP) is 3.00. The fourth-order valence-electron chi connectivity index (χ4n) is 4.67. The fourth-order valence-corrected chi connectivity index (χ4v) is 4.67. The van der Waals surface area contributed by atoms with E-state index in [1.54, 1.807) is 18.5 Å². The van der Waals surface area contributed by atoms with Crippen LogP contribution in [0, 0.1) is 11.8 Å². The van der Waals surface area contributed by atoms with Gasteiger partial charge in [-0.2, -0.15) is 13.2 Å². The maximum atomic E-state index is 13.7. The van der Waals surface area contributed by atoms with E-state index in [-0.39, 0.29) is 0 Å². The zero-order chi connectivity index (χ0) is 21.3. The molecule has 3 atom stereocenters. The smallest absolute Gasteiger partial charge is 0.395 e. The van der Waals surface area contributed by atoms with Crippen LogP contribution in [0.5, 0.6) is 6.01 Å². The monoisotopic (exact) mass is 423 g/mol. The molecule has 2 aliphatic heterocycles. The lowest BCUT2D eigenvalue weighted by molar-refractivity contribution is -0.172. The number of alkyl halides is 3. The van der Waals surface area contributed by atoms with Crippen molar-refractivity contribution >= 4 is 5.69 Å². The number of fused-ring (bicyclic) bond motifs is 1. The number of allylic oxidation sites excluding steroid dienone is 2. The summed E-state index contributed by atoms with van der Waals surface area (Å²) in [5.74, 6) is -1.94. The first-order valence-electron chi connectivity index (χ1n) is 10.5. The summed E-state index contributed by atoms with van der Waals surface area (Å²) in [5.41, 5.74) is 2.62. The second-order valence-corrected chi connectivity index (χ2v) is 8.11. The van der Waals surface area contributed by atoms with Crippen LogP contribution in [0.15, 0.2) is 35.8 Å². The molecule has 164 valence electrons. The minimum Gasteiger partial charge on any atom is -0.464 e. The summed E-state index contributed by atoms with van der Waals surface area (Å²) in [6, 6.07) is 0.613. The van der Waals surface area contributed by atoms with Crippen LogP contribution in [0.1, 0.15) is 20.3 Å². The Hall–Kier alpha value is -2.29. The van der Waals surface area contributed by atoms with Crippen LogP contribution in [0.25, 0.3) is 0 Å². The average molecular weight is 423 g/mol. The summed E-state index contributed by atoms with van der Waals surface area (Å²) >= 11 is 0. The molecule has 0 aromatic carbocycles. The Kier molecular flexibility index (Phi) is 5.90. The Balaban J connectivity index is 1.63. The largest absolute Gasteiger partial charge is 0.464 e. The van der Waals surface area contributed by atoms with E-state index in [2.05, 4.69) is 32.0 Å². The summed E-state index contributed by atoms with van der Waals surface area (Å²) < 4.78 is 46.5. The van der Waals surface area contributed by atoms with Crippen molar-refractivity contribution < 1.29 is 17.9 Å². The highest BCUT2D eigenvalue weighted by atomic mass is 19.4. The molecule has 0 saturated carbocycles. The number of piperazine rings is 1. The molecular formula is C21H28F3N5O. The normalized spacial score (nSPS) is 27.3. The number of aromatic nitrogens is 2. The van der Waals surface area contributed by atoms with E-state index in [9.17, 15) is 13.2 Å². The molecular weight excluding hydrogens is 395 g/mol. The van der Waals surface area contributed by atoms with Crippen molar-refractivity contribution in [1.29, 1.82) is 0 Å². The molecule has 0 amide bonds. The van der Waals surface area contributed by atoms with E-state index in [0.29, 0.717) is 38.2 Å². The minimum atomic E-state index is -4.24. The number of hydrogen-bond acceptors (Lipinski definition) is 6. The van der Waals surface area contributed by atoms with Crippen molar-refractivity contribution in [1.82, 2.24) is 20.2 Å². The molecule has 9 heteroatoms. The number of nitrogens with one attached hydrogen (secondary N) is 1. The summed E-state index contributed by atoms with van der Waals surface area (Å²) in [6.07, 6.45) is 2.64. The Morgan fingerprint density at radius 3 is 2.63 bits per heavy atom. The van der Waals surface area contributed by atoms with Gasteiger partial charge in [-0.1, -0.05) is 6.08 Å². The summed E-state index contributed by atoms with van der Waals surface area (Å²) in [6.45, 7) is 7.85. The number of anilines is 1. The van der Waals surface area contributed by atoms with E-state index >= 15 is 0 Å². The molecule has 0 spiro atoms. The van der Waals surface area contributed by atoms with Crippen molar-refractivity contribution in [2.75, 3.05) is 44.2 Å². The molecule has 0 bridgehead atoms. The van der Waals surface area contributed by atoms with Crippen LogP contribution in [0.3, 0.4) is 0 Å². The lowest BCUT2D eigenvalue weighted by Gasteiger charge is -2.44.